The Balaban J connectivity index is 0.000000208. The van der Waals surface area contributed by atoms with Crippen LogP contribution < -0.4 is 31.5 Å². The molecule has 4 heterocycles. The maximum Gasteiger partial charge on any atom is 0.692 e. The highest BCUT2D eigenvalue weighted by molar-refractivity contribution is 14.1. The van der Waals surface area contributed by atoms with E-state index < -0.39 is 111 Å². The number of aromatic hydroxyl groups is 2. The number of Topliss-reactive ketones (excluding diaryl/α,β-unsaturated/α-hetero) is 2. The number of phenols is 2. The Morgan fingerprint density at radius 1 is 0.753 bits per heavy atom. The quantitative estimate of drug-likeness (QED) is 0.00246. The topological polar surface area (TPSA) is 504 Å². The lowest BCUT2D eigenvalue weighted by Crippen LogP contribution is -2.54. The number of thioether (sulfide) groups is 1. The van der Waals surface area contributed by atoms with Gasteiger partial charge in [0, 0.05) is 148 Å². The lowest BCUT2D eigenvalue weighted by Gasteiger charge is -2.53. The molecule has 2 aromatic heterocycles. The number of nitrogens with two attached hydrogens (primary N) is 1. The van der Waals surface area contributed by atoms with Crippen LogP contribution in [0.25, 0.3) is 22.0 Å². The molecule has 8 aromatic rings. The molecule has 4 unspecified atom stereocenters. The van der Waals surface area contributed by atoms with Crippen molar-refractivity contribution in [1.82, 2.24) is 36.0 Å². The van der Waals surface area contributed by atoms with Crippen molar-refractivity contribution >= 4 is 113 Å². The number of para-hydroxylation sites is 1. The molecule has 15 N–H and O–H groups in total. The summed E-state index contributed by atoms with van der Waals surface area (Å²) in [4.78, 5) is 126. The number of aliphatic hydroxyl groups excluding tert-OH is 1. The monoisotopic (exact) mass is 2250 g/mol. The molecule has 150 heavy (non-hydrogen) atoms. The highest BCUT2D eigenvalue weighted by Gasteiger charge is 2.55. The summed E-state index contributed by atoms with van der Waals surface area (Å²) in [7, 11) is 2.00. The van der Waals surface area contributed by atoms with Crippen molar-refractivity contribution < 1.29 is 121 Å². The number of allylic oxidation sites excluding steroid dienone is 1. The standard InChI is InChI=1S/C28H30INO.C26H27NO9.C26H56NO5PS.C20H28N4O4.C10H14O2.C3H4N2.HO3P/c1-2-27(22-8-4-3-5-9-22)28(23-10-14-25(29)15-11-23)24-12-16-26(17-13-24)31-21-20-30-18-6-7-19-30;1-10-21(29)15(27)7-17(35-10)36-16-9-26(34,11(2)28)8-14-18(16)25(33)20-19(24(14)32)22(30)12-5-3-4-6-13(12)23(20)31;1-6-7-8-9-10-11-12-13-14-15-16-17-18-19-22-34-25-26(23-30-5)24-32-33(28,29)31-21-20-27(2,3)4;1-12(2)8-13(10-18(25)24-28)19(26)23-17(20(27)21-3)9-14-11-22-16-7-5-4-6-15(14)16;11-9-7-1-6-2-8(9)5-10(12,3-6)4-7;1-2-5-3-4-1;1-4(2)3/h3-5,8-17H,2,6-7,18-21H2,1H3;3-6,10,15-17,21,29,32-34H,7-9,27H2,1-2H3;26H,6-25H2,1-5H3;4-7,11-13,17,22,28H,8-10H2,1-3H3,(H,21,27)(H,23,26)(H,24,25);6-8,12H,1-5H2;1-3H,(H,4,5);(H-,1,2,3)/p+1/b28-27-;;;;;;/t;10-,15-,16-,17-,21+,26-;;13-,17+;;;/m.0.1.../s1. The van der Waals surface area contributed by atoms with Gasteiger partial charge in [-0.05, 0) is 195 Å². The molecule has 16 rings (SSSR count). The van der Waals surface area contributed by atoms with Gasteiger partial charge < -0.3 is 89.2 Å². The number of fused-ring (bicyclic) bond motifs is 4. The second-order valence-electron chi connectivity index (χ2n) is 41.7. The number of amides is 3. The molecule has 0 radical (unpaired) electrons. The van der Waals surface area contributed by atoms with Crippen molar-refractivity contribution in [3.05, 3.63) is 212 Å². The number of hydrogen-bond acceptors (Lipinski definition) is 26. The number of phosphoric acid groups is 1. The number of likely N-dealkylation sites (N-methyl/N-ethyl adjacent to an activating group) is 2. The SMILES string of the molecule is CC(=O)[C@]1(O)Cc2c(O)c3c(c(O)c2[C@@H](O[C@H]2C[C@H](N)[C@H](O)[C@H](C)O2)C1)C(=O)c1ccccc1C3=O.CC/C(=C(\c1ccc(I)cc1)c1ccc(OCCN2CCCC2)cc1)c1ccccc1.CCCCCCCCCCCCCCCCSCC(COC)COP(=O)([O-])OCC[N+](C)(C)C.CNC(=O)[C@H](Cc1c[nH]c2ccccc12)NC(=O)[C@@H](CC(=O)NO)CC(C)C.O=C1C2CC3CC1CC(O)(C3)C2.O=[P+](O)O.c1c[nH]cn1. The summed E-state index contributed by atoms with van der Waals surface area (Å²) in [6.45, 7) is 16.7. The number of carbonyl (C=O) groups is 7. The summed E-state index contributed by atoms with van der Waals surface area (Å²) in [6.07, 6.45) is 30.6. The minimum atomic E-state index is -4.26. The van der Waals surface area contributed by atoms with Gasteiger partial charge in [-0.3, -0.25) is 48.2 Å². The van der Waals surface area contributed by atoms with Crippen LogP contribution in [0.3, 0.4) is 0 Å². The Hall–Kier alpha value is -8.89. The molecule has 4 saturated carbocycles. The van der Waals surface area contributed by atoms with Crippen molar-refractivity contribution in [3.63, 3.8) is 0 Å². The molecule has 6 aromatic carbocycles. The highest BCUT2D eigenvalue weighted by atomic mass is 127. The van der Waals surface area contributed by atoms with Gasteiger partial charge in [-0.1, -0.05) is 208 Å². The van der Waals surface area contributed by atoms with Gasteiger partial charge in [-0.2, -0.15) is 11.8 Å². The number of nitrogens with one attached hydrogen (secondary N) is 5. The summed E-state index contributed by atoms with van der Waals surface area (Å²) in [5.74, 6) is -0.349. The van der Waals surface area contributed by atoms with Crippen molar-refractivity contribution in [2.75, 3.05) is 99.4 Å². The fourth-order valence-electron chi connectivity index (χ4n) is 20.7. The van der Waals surface area contributed by atoms with Crippen molar-refractivity contribution in [2.24, 2.45) is 41.2 Å². The van der Waals surface area contributed by atoms with Gasteiger partial charge in [0.05, 0.1) is 75.7 Å². The van der Waals surface area contributed by atoms with E-state index in [0.29, 0.717) is 42.2 Å². The van der Waals surface area contributed by atoms with Crippen molar-refractivity contribution in [1.29, 1.82) is 0 Å². The number of ether oxygens (including phenoxy) is 4. The van der Waals surface area contributed by atoms with E-state index in [2.05, 4.69) is 146 Å². The van der Waals surface area contributed by atoms with Crippen LogP contribution in [0, 0.1) is 39.1 Å². The molecule has 4 bridgehead atoms. The van der Waals surface area contributed by atoms with E-state index in [9.17, 15) is 68.6 Å². The summed E-state index contributed by atoms with van der Waals surface area (Å²) >= 11 is 4.23. The van der Waals surface area contributed by atoms with Gasteiger partial charge in [-0.15, -0.1) is 9.79 Å². The Bertz CT molecular complexity index is 5600. The van der Waals surface area contributed by atoms with Crippen LogP contribution in [0.2, 0.25) is 0 Å². The van der Waals surface area contributed by atoms with E-state index in [0.717, 1.165) is 85.4 Å². The Morgan fingerprint density at radius 3 is 1.87 bits per heavy atom. The van der Waals surface area contributed by atoms with Gasteiger partial charge in [0.15, 0.2) is 23.6 Å². The Morgan fingerprint density at radius 2 is 1.33 bits per heavy atom. The minimum Gasteiger partial charge on any atom is -0.756 e. The number of likely N-dealkylation sites (tertiary alicyclic amines) is 1. The van der Waals surface area contributed by atoms with Gasteiger partial charge in [0.25, 0.3) is 7.82 Å². The van der Waals surface area contributed by atoms with E-state index in [1.165, 1.54) is 173 Å². The predicted molar refractivity (Wildman–Crippen MR) is 588 cm³/mol. The number of quaternary nitrogens is 1. The van der Waals surface area contributed by atoms with E-state index >= 15 is 0 Å². The number of unbranched alkanes of at least 4 members (excludes halogenated alkanes) is 13. The number of H-pyrrole nitrogens is 2. The number of aromatic amines is 2. The first-order valence-corrected chi connectivity index (χ1v) is 57.8. The van der Waals surface area contributed by atoms with Crippen LogP contribution in [-0.2, 0) is 69.2 Å². The molecule has 37 heteroatoms. The van der Waals surface area contributed by atoms with Crippen LogP contribution in [0.15, 0.2) is 152 Å². The number of aliphatic hydroxyl groups is 3. The maximum absolute atomic E-state index is 13.3. The number of ketones is 4. The number of aromatic nitrogens is 3. The first-order valence-electron chi connectivity index (χ1n) is 52.9. The van der Waals surface area contributed by atoms with Gasteiger partial charge in [-0.25, -0.2) is 10.5 Å². The largest absolute Gasteiger partial charge is 0.756 e. The first kappa shape index (κ1) is 125. The van der Waals surface area contributed by atoms with E-state index in [4.69, 9.17) is 53.3 Å². The van der Waals surface area contributed by atoms with Gasteiger partial charge >= 0.3 is 8.25 Å². The first-order chi connectivity index (χ1) is 71.6. The molecule has 33 nitrogen and oxygen atoms in total. The number of rotatable bonds is 46. The maximum atomic E-state index is 13.3. The zero-order valence-electron chi connectivity index (χ0n) is 88.9. The molecule has 12 atom stereocenters. The van der Waals surface area contributed by atoms with Crippen LogP contribution in [-0.4, -0.2) is 247 Å². The number of phenolic OH excluding ortho intramolecular Hbond substituents is 2. The molecule has 6 fully saturated rings. The molecule has 2 aliphatic heterocycles. The average Bonchev–Trinajstić information content (AvgIpc) is 0.814. The number of hydrogen-bond donors (Lipinski definition) is 14. The summed E-state index contributed by atoms with van der Waals surface area (Å²) < 4.78 is 55.7. The number of methoxy groups -OCH3 is 1. The number of halogens is 1. The summed E-state index contributed by atoms with van der Waals surface area (Å²) in [5, 5.41) is 69.0. The third-order valence-electron chi connectivity index (χ3n) is 28.3. The van der Waals surface area contributed by atoms with Gasteiger partial charge in [0.1, 0.15) is 54.4 Å². The molecule has 0 spiro atoms. The number of phosphoric ester groups is 1. The van der Waals surface area contributed by atoms with Crippen molar-refractivity contribution in [3.8, 4) is 17.2 Å². The average molecular weight is 2250 g/mol. The molecule has 3 amide bonds. The summed E-state index contributed by atoms with van der Waals surface area (Å²) in [6, 6.07) is 40.6. The lowest BCUT2D eigenvalue weighted by molar-refractivity contribution is -0.870. The van der Waals surface area contributed by atoms with E-state index in [1.807, 2.05) is 77.2 Å². The molecule has 6 aliphatic carbocycles. The molecular formula is C113H161IN9O24P2S+. The predicted octanol–water partition coefficient (Wildman–Crippen LogP) is 17.5. The molecule has 2 saturated heterocycles. The second-order valence-corrected chi connectivity index (χ2v) is 46.0. The number of benzene rings is 6. The zero-order chi connectivity index (χ0) is 109. The van der Waals surface area contributed by atoms with Crippen LogP contribution >= 0.6 is 50.4 Å². The molecule has 824 valence electrons. The van der Waals surface area contributed by atoms with Crippen LogP contribution in [0.1, 0.15) is 280 Å². The third-order valence-corrected chi connectivity index (χ3v) is 31.3. The fraction of sp³-hybridized carbons (Fsp3) is 0.558. The number of carbonyl (C=O) groups excluding carboxylic acids is 7. The third kappa shape index (κ3) is 39.2. The normalized spacial score (nSPS) is 21.4. The number of hydroxylamine groups is 1. The second kappa shape index (κ2) is 62.6. The van der Waals surface area contributed by atoms with Crippen LogP contribution in [0.5, 0.6) is 17.2 Å². The number of imidazole rings is 1. The van der Waals surface area contributed by atoms with E-state index in [-0.39, 0.29) is 101 Å². The van der Waals surface area contributed by atoms with Crippen molar-refractivity contribution in [2.45, 2.75) is 269 Å². The van der Waals surface area contributed by atoms with Crippen LogP contribution in [0.4, 0.5) is 0 Å². The smallest absolute Gasteiger partial charge is 0.692 e. The van der Waals surface area contributed by atoms with E-state index in [1.54, 1.807) is 50.4 Å². The Kier molecular flexibility index (Phi) is 52.0. The Labute approximate surface area is 902 Å². The molecular weight excluding hydrogens is 2090 g/mol. The zero-order valence-corrected chi connectivity index (χ0v) is 93.7. The highest BCUT2D eigenvalue weighted by Crippen LogP contribution is 2.55. The lowest BCUT2D eigenvalue weighted by atomic mass is 9.54. The molecule has 8 aliphatic rings. The fourth-order valence-corrected chi connectivity index (χ4v) is 22.9. The minimum absolute atomic E-state index is 0.00588. The van der Waals surface area contributed by atoms with Gasteiger partial charge in [0.2, 0.25) is 17.7 Å². The number of nitrogens with zero attached hydrogens (tertiary/aromatic N) is 3. The summed E-state index contributed by atoms with van der Waals surface area (Å²) in [5.41, 5.74) is 12.8.